The van der Waals surface area contributed by atoms with E-state index in [1.165, 1.54) is 0 Å². The van der Waals surface area contributed by atoms with Gasteiger partial charge >= 0.3 is 6.09 Å². The van der Waals surface area contributed by atoms with Crippen LogP contribution >= 0.6 is 11.6 Å². The summed E-state index contributed by atoms with van der Waals surface area (Å²) in [5.74, 6) is 0. The lowest BCUT2D eigenvalue weighted by Gasteiger charge is -2.33. The van der Waals surface area contributed by atoms with Crippen molar-refractivity contribution in [2.45, 2.75) is 64.0 Å². The number of anilines is 1. The zero-order chi connectivity index (χ0) is 16.8. The molecule has 3 N–H and O–H groups in total. The summed E-state index contributed by atoms with van der Waals surface area (Å²) in [7, 11) is 0. The lowest BCUT2D eigenvalue weighted by Crippen LogP contribution is -2.43. The smallest absolute Gasteiger partial charge is 0.412 e. The van der Waals surface area contributed by atoms with Gasteiger partial charge in [0.05, 0.1) is 10.7 Å². The summed E-state index contributed by atoms with van der Waals surface area (Å²) in [6, 6.07) is 5.64. The Labute approximate surface area is 137 Å². The Morgan fingerprint density at radius 2 is 1.86 bits per heavy atom. The van der Waals surface area contributed by atoms with E-state index in [-0.39, 0.29) is 11.0 Å². The number of carbonyl (C=O) groups is 1. The number of halogens is 1. The summed E-state index contributed by atoms with van der Waals surface area (Å²) in [6.45, 7) is 9.71. The van der Waals surface area contributed by atoms with Crippen LogP contribution in [0.5, 0.6) is 0 Å². The number of ether oxygens (including phenoxy) is 1. The van der Waals surface area contributed by atoms with Crippen molar-refractivity contribution in [2.75, 3.05) is 5.32 Å². The van der Waals surface area contributed by atoms with Crippen LogP contribution in [0.15, 0.2) is 18.2 Å². The summed E-state index contributed by atoms with van der Waals surface area (Å²) >= 11 is 6.31. The molecule has 1 fully saturated rings. The first-order chi connectivity index (χ1) is 9.95. The van der Waals surface area contributed by atoms with Crippen LogP contribution in [0.2, 0.25) is 5.02 Å². The van der Waals surface area contributed by atoms with Crippen molar-refractivity contribution in [3.63, 3.8) is 0 Å². The fourth-order valence-electron chi connectivity index (χ4n) is 2.47. The maximum Gasteiger partial charge on any atom is 0.412 e. The Hall–Kier alpha value is -1.26. The minimum atomic E-state index is -0.545. The van der Waals surface area contributed by atoms with E-state index in [2.05, 4.69) is 19.2 Å². The third-order valence-corrected chi connectivity index (χ3v) is 4.67. The van der Waals surface area contributed by atoms with Crippen LogP contribution in [0.25, 0.3) is 0 Å². The predicted molar refractivity (Wildman–Crippen MR) is 90.5 cm³/mol. The minimum Gasteiger partial charge on any atom is -0.444 e. The number of amides is 1. The molecule has 22 heavy (non-hydrogen) atoms. The zero-order valence-corrected chi connectivity index (χ0v) is 14.7. The number of carbonyl (C=O) groups excluding carboxylic acids is 1. The first-order valence-electron chi connectivity index (χ1n) is 7.54. The molecule has 0 unspecified atom stereocenters. The highest BCUT2D eigenvalue weighted by atomic mass is 35.5. The molecule has 1 aromatic rings. The van der Waals surface area contributed by atoms with E-state index in [0.717, 1.165) is 18.4 Å². The molecule has 5 heteroatoms. The Bertz CT molecular complexity index is 587. The lowest BCUT2D eigenvalue weighted by atomic mass is 9.76. The normalized spacial score (nSPS) is 17.0. The monoisotopic (exact) mass is 324 g/mol. The molecular formula is C17H25ClN2O2. The first kappa shape index (κ1) is 17.1. The van der Waals surface area contributed by atoms with E-state index < -0.39 is 11.7 Å². The molecule has 4 nitrogen and oxygen atoms in total. The number of hydrogen-bond acceptors (Lipinski definition) is 3. The molecule has 1 aromatic carbocycles. The van der Waals surface area contributed by atoms with Gasteiger partial charge in [0, 0.05) is 11.0 Å². The number of benzene rings is 1. The van der Waals surface area contributed by atoms with Gasteiger partial charge in [-0.2, -0.15) is 0 Å². The van der Waals surface area contributed by atoms with Crippen LogP contribution in [0, 0.1) is 0 Å². The van der Waals surface area contributed by atoms with Gasteiger partial charge < -0.3 is 10.5 Å². The second-order valence-electron chi connectivity index (χ2n) is 7.60. The SMILES string of the molecule is CC(C)(C)OC(=O)Nc1ccc(C(C)(C)C2(N)CC2)cc1Cl. The molecule has 0 aromatic heterocycles. The molecule has 0 radical (unpaired) electrons. The number of nitrogens with one attached hydrogen (secondary N) is 1. The van der Waals surface area contributed by atoms with Gasteiger partial charge in [-0.05, 0) is 51.3 Å². The lowest BCUT2D eigenvalue weighted by molar-refractivity contribution is 0.0636. The van der Waals surface area contributed by atoms with Gasteiger partial charge in [-0.1, -0.05) is 31.5 Å². The molecule has 0 aliphatic heterocycles. The van der Waals surface area contributed by atoms with E-state index in [1.54, 1.807) is 6.07 Å². The van der Waals surface area contributed by atoms with Crippen LogP contribution in [0.1, 0.15) is 53.0 Å². The largest absolute Gasteiger partial charge is 0.444 e. The van der Waals surface area contributed by atoms with Crippen molar-refractivity contribution in [1.82, 2.24) is 0 Å². The fourth-order valence-corrected chi connectivity index (χ4v) is 2.69. The quantitative estimate of drug-likeness (QED) is 0.863. The van der Waals surface area contributed by atoms with E-state index in [4.69, 9.17) is 22.1 Å². The summed E-state index contributed by atoms with van der Waals surface area (Å²) in [5.41, 5.74) is 7.12. The van der Waals surface area contributed by atoms with E-state index in [0.29, 0.717) is 10.7 Å². The van der Waals surface area contributed by atoms with Gasteiger partial charge in [0.2, 0.25) is 0 Å². The van der Waals surface area contributed by atoms with Gasteiger partial charge in [0.1, 0.15) is 5.60 Å². The van der Waals surface area contributed by atoms with Crippen molar-refractivity contribution in [3.8, 4) is 0 Å². The van der Waals surface area contributed by atoms with Crippen molar-refractivity contribution < 1.29 is 9.53 Å². The molecule has 0 saturated heterocycles. The van der Waals surface area contributed by atoms with Crippen molar-refractivity contribution >= 4 is 23.4 Å². The summed E-state index contributed by atoms with van der Waals surface area (Å²) in [4.78, 5) is 11.8. The molecular weight excluding hydrogens is 300 g/mol. The van der Waals surface area contributed by atoms with Crippen LogP contribution < -0.4 is 11.1 Å². The van der Waals surface area contributed by atoms with Crippen LogP contribution in [-0.2, 0) is 10.2 Å². The van der Waals surface area contributed by atoms with Gasteiger partial charge in [-0.15, -0.1) is 0 Å². The third-order valence-electron chi connectivity index (χ3n) is 4.36. The maximum atomic E-state index is 11.8. The number of hydrogen-bond donors (Lipinski definition) is 2. The first-order valence-corrected chi connectivity index (χ1v) is 7.91. The molecule has 122 valence electrons. The molecule has 1 aliphatic rings. The number of nitrogens with two attached hydrogens (primary N) is 1. The molecule has 2 rings (SSSR count). The summed E-state index contributed by atoms with van der Waals surface area (Å²) < 4.78 is 5.23. The second-order valence-corrected chi connectivity index (χ2v) is 8.01. The average molecular weight is 325 g/mol. The van der Waals surface area contributed by atoms with Gasteiger partial charge in [-0.25, -0.2) is 4.79 Å². The Morgan fingerprint density at radius 3 is 2.32 bits per heavy atom. The van der Waals surface area contributed by atoms with Crippen molar-refractivity contribution in [3.05, 3.63) is 28.8 Å². The van der Waals surface area contributed by atoms with Crippen molar-refractivity contribution in [1.29, 1.82) is 0 Å². The molecule has 1 amide bonds. The van der Waals surface area contributed by atoms with Crippen LogP contribution in [-0.4, -0.2) is 17.2 Å². The summed E-state index contributed by atoms with van der Waals surface area (Å²) in [5, 5.41) is 3.16. The van der Waals surface area contributed by atoms with Crippen LogP contribution in [0.4, 0.5) is 10.5 Å². The number of rotatable bonds is 3. The van der Waals surface area contributed by atoms with Gasteiger partial charge in [0.25, 0.3) is 0 Å². The Balaban J connectivity index is 2.15. The Kier molecular flexibility index (Phi) is 4.22. The van der Waals surface area contributed by atoms with Gasteiger partial charge in [-0.3, -0.25) is 5.32 Å². The second kappa shape index (κ2) is 5.43. The average Bonchev–Trinajstić information content (AvgIpc) is 3.09. The topological polar surface area (TPSA) is 64.3 Å². The van der Waals surface area contributed by atoms with E-state index in [9.17, 15) is 4.79 Å². The van der Waals surface area contributed by atoms with E-state index in [1.807, 2.05) is 32.9 Å². The predicted octanol–water partition coefficient (Wildman–Crippen LogP) is 4.46. The molecule has 0 atom stereocenters. The van der Waals surface area contributed by atoms with Crippen LogP contribution in [0.3, 0.4) is 0 Å². The summed E-state index contributed by atoms with van der Waals surface area (Å²) in [6.07, 6.45) is 1.53. The van der Waals surface area contributed by atoms with Gasteiger partial charge in [0.15, 0.2) is 0 Å². The van der Waals surface area contributed by atoms with Crippen molar-refractivity contribution in [2.24, 2.45) is 5.73 Å². The van der Waals surface area contributed by atoms with E-state index >= 15 is 0 Å². The highest BCUT2D eigenvalue weighted by Crippen LogP contribution is 2.49. The maximum absolute atomic E-state index is 11.8. The zero-order valence-electron chi connectivity index (χ0n) is 13.9. The fraction of sp³-hybridized carbons (Fsp3) is 0.588. The molecule has 1 aliphatic carbocycles. The highest BCUT2D eigenvalue weighted by molar-refractivity contribution is 6.33. The molecule has 0 heterocycles. The minimum absolute atomic E-state index is 0.152. The third kappa shape index (κ3) is 3.55. The molecule has 0 bridgehead atoms. The standard InChI is InChI=1S/C17H25ClN2O2/c1-15(2,3)22-14(21)20-13-7-6-11(10-12(13)18)16(4,5)17(19)8-9-17/h6-7,10H,8-9,19H2,1-5H3,(H,20,21). The molecule has 0 spiro atoms. The highest BCUT2D eigenvalue weighted by Gasteiger charge is 2.51. The Morgan fingerprint density at radius 1 is 1.27 bits per heavy atom. The molecule has 1 saturated carbocycles.